The maximum Gasteiger partial charge on any atom is 0.251 e. The van der Waals surface area contributed by atoms with Crippen molar-refractivity contribution in [2.24, 2.45) is 17.6 Å². The van der Waals surface area contributed by atoms with Gasteiger partial charge in [-0.05, 0) is 49.3 Å². The highest BCUT2D eigenvalue weighted by molar-refractivity contribution is 5.94. The molecule has 0 aromatic heterocycles. The minimum absolute atomic E-state index is 0.0268. The van der Waals surface area contributed by atoms with E-state index in [4.69, 9.17) is 5.73 Å². The Morgan fingerprint density at radius 3 is 2.95 bits per heavy atom. The summed E-state index contributed by atoms with van der Waals surface area (Å²) < 4.78 is 0. The first-order valence-corrected chi connectivity index (χ1v) is 7.36. The van der Waals surface area contributed by atoms with Crippen LogP contribution in [0, 0.1) is 23.7 Å². The maximum atomic E-state index is 12.3. The van der Waals surface area contributed by atoms with Crippen LogP contribution in [0.15, 0.2) is 24.3 Å². The van der Waals surface area contributed by atoms with E-state index in [1.165, 1.54) is 19.3 Å². The summed E-state index contributed by atoms with van der Waals surface area (Å²) in [5, 5.41) is 3.20. The van der Waals surface area contributed by atoms with Crippen LogP contribution in [0.3, 0.4) is 0 Å². The van der Waals surface area contributed by atoms with E-state index in [2.05, 4.69) is 17.2 Å². The lowest BCUT2D eigenvalue weighted by molar-refractivity contribution is 0.0923. The van der Waals surface area contributed by atoms with Gasteiger partial charge in [0, 0.05) is 17.2 Å². The van der Waals surface area contributed by atoms with Crippen LogP contribution in [-0.2, 0) is 0 Å². The van der Waals surface area contributed by atoms with Crippen molar-refractivity contribution in [1.82, 2.24) is 5.32 Å². The van der Waals surface area contributed by atoms with Crippen LogP contribution in [0.5, 0.6) is 0 Å². The highest BCUT2D eigenvalue weighted by Gasteiger charge is 2.40. The number of fused-ring (bicyclic) bond motifs is 2. The van der Waals surface area contributed by atoms with Gasteiger partial charge in [-0.25, -0.2) is 0 Å². The van der Waals surface area contributed by atoms with Crippen molar-refractivity contribution < 1.29 is 4.79 Å². The Bertz CT molecular complexity index is 570. The first kappa shape index (κ1) is 13.2. The van der Waals surface area contributed by atoms with Crippen LogP contribution in [0.1, 0.15) is 41.6 Å². The van der Waals surface area contributed by atoms with E-state index in [0.29, 0.717) is 24.1 Å². The van der Waals surface area contributed by atoms with E-state index < -0.39 is 0 Å². The summed E-state index contributed by atoms with van der Waals surface area (Å²) >= 11 is 0. The minimum atomic E-state index is 0.0268. The summed E-state index contributed by atoms with van der Waals surface area (Å²) in [5.74, 6) is 7.34. The average Bonchev–Trinajstić information content (AvgIpc) is 3.08. The monoisotopic (exact) mass is 268 g/mol. The third-order valence-electron chi connectivity index (χ3n) is 4.51. The predicted octanol–water partition coefficient (Wildman–Crippen LogP) is 1.92. The van der Waals surface area contributed by atoms with Crippen LogP contribution in [0.2, 0.25) is 0 Å². The smallest absolute Gasteiger partial charge is 0.251 e. The van der Waals surface area contributed by atoms with Gasteiger partial charge in [0.05, 0.1) is 6.54 Å². The predicted molar refractivity (Wildman–Crippen MR) is 79.1 cm³/mol. The lowest BCUT2D eigenvalue weighted by Crippen LogP contribution is -2.38. The second-order valence-corrected chi connectivity index (χ2v) is 5.84. The van der Waals surface area contributed by atoms with Crippen LogP contribution < -0.4 is 11.1 Å². The Hall–Kier alpha value is -1.79. The summed E-state index contributed by atoms with van der Waals surface area (Å²) in [7, 11) is 0. The van der Waals surface area contributed by atoms with E-state index in [1.54, 1.807) is 0 Å². The number of hydrogen-bond acceptors (Lipinski definition) is 2. The third-order valence-corrected chi connectivity index (χ3v) is 4.51. The molecule has 3 rings (SSSR count). The van der Waals surface area contributed by atoms with E-state index in [9.17, 15) is 4.79 Å². The topological polar surface area (TPSA) is 55.1 Å². The van der Waals surface area contributed by atoms with Gasteiger partial charge >= 0.3 is 0 Å². The van der Waals surface area contributed by atoms with Gasteiger partial charge in [-0.2, -0.15) is 0 Å². The van der Waals surface area contributed by atoms with Crippen molar-refractivity contribution in [3.8, 4) is 11.8 Å². The number of amides is 1. The molecule has 0 spiro atoms. The Labute approximate surface area is 119 Å². The molecule has 20 heavy (non-hydrogen) atoms. The largest absolute Gasteiger partial charge is 0.349 e. The number of rotatable bonds is 2. The number of nitrogens with one attached hydrogen (secondary N) is 1. The highest BCUT2D eigenvalue weighted by Crippen LogP contribution is 2.44. The Kier molecular flexibility index (Phi) is 3.75. The number of hydrogen-bond donors (Lipinski definition) is 2. The van der Waals surface area contributed by atoms with Gasteiger partial charge in [0.15, 0.2) is 0 Å². The Morgan fingerprint density at radius 1 is 1.35 bits per heavy atom. The molecule has 2 fully saturated rings. The molecule has 2 saturated carbocycles. The molecular weight excluding hydrogens is 248 g/mol. The molecule has 3 atom stereocenters. The summed E-state index contributed by atoms with van der Waals surface area (Å²) in [6.07, 6.45) is 5.08. The molecule has 1 aromatic carbocycles. The zero-order valence-corrected chi connectivity index (χ0v) is 11.6. The second-order valence-electron chi connectivity index (χ2n) is 5.84. The van der Waals surface area contributed by atoms with Crippen molar-refractivity contribution in [2.45, 2.75) is 31.7 Å². The molecule has 2 bridgehead atoms. The van der Waals surface area contributed by atoms with Crippen molar-refractivity contribution >= 4 is 5.91 Å². The third kappa shape index (κ3) is 2.71. The maximum absolute atomic E-state index is 12.3. The van der Waals surface area contributed by atoms with Crippen LogP contribution >= 0.6 is 0 Å². The first-order chi connectivity index (χ1) is 9.76. The molecule has 3 N–H and O–H groups in total. The summed E-state index contributed by atoms with van der Waals surface area (Å²) in [6.45, 7) is 0.335. The van der Waals surface area contributed by atoms with Crippen LogP contribution in [0.25, 0.3) is 0 Å². The molecule has 1 amide bonds. The van der Waals surface area contributed by atoms with Gasteiger partial charge in [0.1, 0.15) is 0 Å². The number of carbonyl (C=O) groups is 1. The first-order valence-electron chi connectivity index (χ1n) is 7.36. The second kappa shape index (κ2) is 5.68. The molecule has 1 aromatic rings. The lowest BCUT2D eigenvalue weighted by Gasteiger charge is -2.22. The molecular formula is C17H20N2O. The highest BCUT2D eigenvalue weighted by atomic mass is 16.1. The quantitative estimate of drug-likeness (QED) is 0.805. The molecule has 0 radical (unpaired) electrons. The average molecular weight is 268 g/mol. The molecule has 3 heteroatoms. The number of carbonyl (C=O) groups excluding carboxylic acids is 1. The summed E-state index contributed by atoms with van der Waals surface area (Å²) in [6, 6.07) is 7.83. The number of nitrogens with two attached hydrogens (primary N) is 1. The minimum Gasteiger partial charge on any atom is -0.349 e. The van der Waals surface area contributed by atoms with E-state index in [0.717, 1.165) is 17.9 Å². The molecule has 0 aliphatic heterocycles. The van der Waals surface area contributed by atoms with Crippen LogP contribution in [0.4, 0.5) is 0 Å². The van der Waals surface area contributed by atoms with Gasteiger partial charge in [-0.3, -0.25) is 4.79 Å². The Balaban J connectivity index is 1.68. The van der Waals surface area contributed by atoms with E-state index in [1.807, 2.05) is 24.3 Å². The van der Waals surface area contributed by atoms with E-state index in [-0.39, 0.29) is 5.91 Å². The zero-order valence-electron chi connectivity index (χ0n) is 11.6. The standard InChI is InChI=1S/C17H20N2O/c18-8-2-4-12-3-1-5-15(9-12)17(20)19-16-11-13-6-7-14(16)10-13/h1,3,5,9,13-14,16H,6-8,10-11,18H2,(H,19,20). The van der Waals surface area contributed by atoms with Crippen molar-refractivity contribution in [3.63, 3.8) is 0 Å². The lowest BCUT2D eigenvalue weighted by atomic mass is 9.95. The SMILES string of the molecule is NCC#Cc1cccc(C(=O)NC2CC3CCC2C3)c1. The van der Waals surface area contributed by atoms with Crippen molar-refractivity contribution in [3.05, 3.63) is 35.4 Å². The zero-order chi connectivity index (χ0) is 13.9. The van der Waals surface area contributed by atoms with Crippen LogP contribution in [-0.4, -0.2) is 18.5 Å². The summed E-state index contributed by atoms with van der Waals surface area (Å²) in [4.78, 5) is 12.3. The van der Waals surface area contributed by atoms with Gasteiger partial charge in [0.2, 0.25) is 0 Å². The van der Waals surface area contributed by atoms with Crippen molar-refractivity contribution in [2.75, 3.05) is 6.54 Å². The molecule has 0 saturated heterocycles. The molecule has 2 aliphatic rings. The van der Waals surface area contributed by atoms with Gasteiger partial charge < -0.3 is 11.1 Å². The van der Waals surface area contributed by atoms with E-state index >= 15 is 0 Å². The normalized spacial score (nSPS) is 26.9. The van der Waals surface area contributed by atoms with Gasteiger partial charge in [-0.15, -0.1) is 0 Å². The fourth-order valence-electron chi connectivity index (χ4n) is 3.56. The number of benzene rings is 1. The van der Waals surface area contributed by atoms with Gasteiger partial charge in [-0.1, -0.05) is 24.3 Å². The Morgan fingerprint density at radius 2 is 2.25 bits per heavy atom. The fraction of sp³-hybridized carbons (Fsp3) is 0.471. The molecule has 2 aliphatic carbocycles. The van der Waals surface area contributed by atoms with Crippen molar-refractivity contribution in [1.29, 1.82) is 0 Å². The summed E-state index contributed by atoms with van der Waals surface area (Å²) in [5.41, 5.74) is 6.90. The fourth-order valence-corrected chi connectivity index (χ4v) is 3.56. The molecule has 0 heterocycles. The van der Waals surface area contributed by atoms with Gasteiger partial charge in [0.25, 0.3) is 5.91 Å². The molecule has 3 nitrogen and oxygen atoms in total. The molecule has 3 unspecified atom stereocenters. The molecule has 104 valence electrons.